The third-order valence-electron chi connectivity index (χ3n) is 2.56. The molecule has 0 amide bonds. The van der Waals surface area contributed by atoms with Crippen molar-refractivity contribution in [3.05, 3.63) is 52.9 Å². The van der Waals surface area contributed by atoms with Crippen LogP contribution in [0.3, 0.4) is 0 Å². The van der Waals surface area contributed by atoms with Crippen molar-refractivity contribution >= 4 is 21.4 Å². The average molecular weight is 296 g/mol. The molecule has 19 heavy (non-hydrogen) atoms. The summed E-state index contributed by atoms with van der Waals surface area (Å²) >= 11 is 1.29. The van der Waals surface area contributed by atoms with Crippen LogP contribution in [0.2, 0.25) is 0 Å². The van der Waals surface area contributed by atoms with Crippen molar-refractivity contribution in [1.82, 2.24) is 10.0 Å². The van der Waals surface area contributed by atoms with Crippen LogP contribution in [0.1, 0.15) is 10.4 Å². The molecule has 0 aliphatic rings. The first-order valence-corrected chi connectivity index (χ1v) is 8.19. The molecular weight excluding hydrogens is 280 g/mol. The summed E-state index contributed by atoms with van der Waals surface area (Å²) in [6.45, 7) is 0.987. The van der Waals surface area contributed by atoms with E-state index in [1.54, 1.807) is 6.07 Å². The normalized spacial score (nSPS) is 11.6. The van der Waals surface area contributed by atoms with E-state index in [0.717, 1.165) is 10.4 Å². The zero-order valence-electron chi connectivity index (χ0n) is 10.6. The highest BCUT2D eigenvalue weighted by Gasteiger charge is 2.16. The molecule has 1 aromatic heterocycles. The van der Waals surface area contributed by atoms with Gasteiger partial charge in [-0.3, -0.25) is 0 Å². The van der Waals surface area contributed by atoms with Crippen LogP contribution in [-0.2, 0) is 23.1 Å². The Morgan fingerprint density at radius 3 is 2.47 bits per heavy atom. The van der Waals surface area contributed by atoms with E-state index in [2.05, 4.69) is 10.0 Å². The predicted octanol–water partition coefficient (Wildman–Crippen LogP) is 1.95. The summed E-state index contributed by atoms with van der Waals surface area (Å²) in [6.07, 6.45) is 0. The van der Waals surface area contributed by atoms with Gasteiger partial charge in [-0.1, -0.05) is 30.3 Å². The predicted molar refractivity (Wildman–Crippen MR) is 77.6 cm³/mol. The van der Waals surface area contributed by atoms with Gasteiger partial charge in [-0.05, 0) is 24.7 Å². The molecule has 2 aromatic rings. The van der Waals surface area contributed by atoms with Crippen LogP contribution in [0, 0.1) is 0 Å². The molecule has 2 N–H and O–H groups in total. The van der Waals surface area contributed by atoms with Gasteiger partial charge >= 0.3 is 0 Å². The lowest BCUT2D eigenvalue weighted by Crippen LogP contribution is -2.22. The Bertz CT molecular complexity index is 621. The molecule has 0 saturated heterocycles. The van der Waals surface area contributed by atoms with Gasteiger partial charge in [0.25, 0.3) is 0 Å². The zero-order chi connectivity index (χ0) is 13.7. The number of thiophene rings is 1. The summed E-state index contributed by atoms with van der Waals surface area (Å²) in [5.41, 5.74) is 0.943. The first-order chi connectivity index (χ1) is 9.12. The molecule has 1 heterocycles. The first kappa shape index (κ1) is 14.2. The smallest absolute Gasteiger partial charge is 0.250 e. The number of rotatable bonds is 6. The van der Waals surface area contributed by atoms with Gasteiger partial charge in [-0.2, -0.15) is 0 Å². The van der Waals surface area contributed by atoms with Crippen LogP contribution in [0.4, 0.5) is 0 Å². The van der Waals surface area contributed by atoms with E-state index in [4.69, 9.17) is 0 Å². The SMILES string of the molecule is CNCc1ccc(S(=O)(=O)NCc2ccccc2)s1. The second kappa shape index (κ2) is 6.29. The largest absolute Gasteiger partial charge is 0.315 e. The third-order valence-corrected chi connectivity index (χ3v) is 5.54. The molecule has 0 radical (unpaired) electrons. The molecule has 6 heteroatoms. The standard InChI is InChI=1S/C13H16N2O2S2/c1-14-10-12-7-8-13(18-12)19(16,17)15-9-11-5-3-2-4-6-11/h2-8,14-15H,9-10H2,1H3. The Morgan fingerprint density at radius 1 is 1.05 bits per heavy atom. The molecular formula is C13H16N2O2S2. The lowest BCUT2D eigenvalue weighted by molar-refractivity contribution is 0.583. The molecule has 0 bridgehead atoms. The van der Waals surface area contributed by atoms with Gasteiger partial charge in [-0.25, -0.2) is 13.1 Å². The Morgan fingerprint density at radius 2 is 1.79 bits per heavy atom. The van der Waals surface area contributed by atoms with Crippen molar-refractivity contribution in [3.8, 4) is 0 Å². The van der Waals surface area contributed by atoms with Gasteiger partial charge in [0.2, 0.25) is 10.0 Å². The number of hydrogen-bond donors (Lipinski definition) is 2. The Hall–Kier alpha value is -1.21. The molecule has 0 saturated carbocycles. The summed E-state index contributed by atoms with van der Waals surface area (Å²) in [5.74, 6) is 0. The van der Waals surface area contributed by atoms with Gasteiger partial charge in [0.05, 0.1) is 0 Å². The fourth-order valence-corrected chi connectivity index (χ4v) is 4.05. The second-order valence-corrected chi connectivity index (χ2v) is 7.22. The van der Waals surface area contributed by atoms with Crippen LogP contribution < -0.4 is 10.0 Å². The van der Waals surface area contributed by atoms with Crippen molar-refractivity contribution in [2.24, 2.45) is 0 Å². The van der Waals surface area contributed by atoms with Crippen molar-refractivity contribution in [3.63, 3.8) is 0 Å². The van der Waals surface area contributed by atoms with Crippen LogP contribution in [0.5, 0.6) is 0 Å². The fraction of sp³-hybridized carbons (Fsp3) is 0.231. The van der Waals surface area contributed by atoms with Crippen LogP contribution >= 0.6 is 11.3 Å². The highest BCUT2D eigenvalue weighted by atomic mass is 32.2. The van der Waals surface area contributed by atoms with Crippen LogP contribution in [-0.4, -0.2) is 15.5 Å². The maximum absolute atomic E-state index is 12.1. The van der Waals surface area contributed by atoms with E-state index < -0.39 is 10.0 Å². The Balaban J connectivity index is 2.05. The van der Waals surface area contributed by atoms with Crippen molar-refractivity contribution < 1.29 is 8.42 Å². The summed E-state index contributed by atoms with van der Waals surface area (Å²) in [5, 5.41) is 3.00. The van der Waals surface area contributed by atoms with Gasteiger partial charge < -0.3 is 5.32 Å². The van der Waals surface area contributed by atoms with Gasteiger partial charge in [0.15, 0.2) is 0 Å². The van der Waals surface area contributed by atoms with E-state index in [1.807, 2.05) is 43.4 Å². The van der Waals surface area contributed by atoms with Crippen molar-refractivity contribution in [2.75, 3.05) is 7.05 Å². The molecule has 4 nitrogen and oxygen atoms in total. The topological polar surface area (TPSA) is 58.2 Å². The number of nitrogens with one attached hydrogen (secondary N) is 2. The van der Waals surface area contributed by atoms with E-state index in [-0.39, 0.29) is 0 Å². The van der Waals surface area contributed by atoms with Crippen molar-refractivity contribution in [1.29, 1.82) is 0 Å². The van der Waals surface area contributed by atoms with Crippen molar-refractivity contribution in [2.45, 2.75) is 17.3 Å². The average Bonchev–Trinajstić information content (AvgIpc) is 2.88. The molecule has 0 atom stereocenters. The van der Waals surface area contributed by atoms with Gasteiger partial charge in [-0.15, -0.1) is 11.3 Å². The van der Waals surface area contributed by atoms with Crippen LogP contribution in [0.25, 0.3) is 0 Å². The summed E-state index contributed by atoms with van der Waals surface area (Å²) in [4.78, 5) is 1.00. The quantitative estimate of drug-likeness (QED) is 0.856. The molecule has 2 rings (SSSR count). The molecule has 102 valence electrons. The zero-order valence-corrected chi connectivity index (χ0v) is 12.2. The second-order valence-electron chi connectivity index (χ2n) is 4.06. The van der Waals surface area contributed by atoms with Crippen LogP contribution in [0.15, 0.2) is 46.7 Å². The molecule has 0 fully saturated rings. The minimum atomic E-state index is -3.42. The summed E-state index contributed by atoms with van der Waals surface area (Å²) < 4.78 is 27.2. The molecule has 0 unspecified atom stereocenters. The minimum absolute atomic E-state index is 0.308. The van der Waals surface area contributed by atoms with E-state index in [1.165, 1.54) is 11.3 Å². The van der Waals surface area contributed by atoms with E-state index in [0.29, 0.717) is 17.3 Å². The number of hydrogen-bond acceptors (Lipinski definition) is 4. The first-order valence-electron chi connectivity index (χ1n) is 5.89. The Kier molecular flexibility index (Phi) is 4.71. The van der Waals surface area contributed by atoms with Gasteiger partial charge in [0, 0.05) is 18.0 Å². The lowest BCUT2D eigenvalue weighted by Gasteiger charge is -2.04. The molecule has 0 aliphatic heterocycles. The number of benzene rings is 1. The number of sulfonamides is 1. The van der Waals surface area contributed by atoms with E-state index in [9.17, 15) is 8.42 Å². The third kappa shape index (κ3) is 3.87. The highest BCUT2D eigenvalue weighted by Crippen LogP contribution is 2.21. The summed E-state index contributed by atoms with van der Waals surface area (Å²) in [6, 6.07) is 12.9. The fourth-order valence-electron chi connectivity index (χ4n) is 1.62. The monoisotopic (exact) mass is 296 g/mol. The maximum Gasteiger partial charge on any atom is 0.250 e. The van der Waals surface area contributed by atoms with Gasteiger partial charge in [0.1, 0.15) is 4.21 Å². The van der Waals surface area contributed by atoms with E-state index >= 15 is 0 Å². The Labute approximate surface area is 117 Å². The maximum atomic E-state index is 12.1. The molecule has 0 aliphatic carbocycles. The highest BCUT2D eigenvalue weighted by molar-refractivity contribution is 7.91. The lowest BCUT2D eigenvalue weighted by atomic mass is 10.2. The molecule has 0 spiro atoms. The summed E-state index contributed by atoms with van der Waals surface area (Å²) in [7, 11) is -1.58. The minimum Gasteiger partial charge on any atom is -0.315 e. The molecule has 1 aromatic carbocycles.